The van der Waals surface area contributed by atoms with Gasteiger partial charge in [-0.15, -0.1) is 0 Å². The van der Waals surface area contributed by atoms with Gasteiger partial charge >= 0.3 is 0 Å². The molecule has 0 spiro atoms. The van der Waals surface area contributed by atoms with Gasteiger partial charge in [0.15, 0.2) is 0 Å². The first kappa shape index (κ1) is 8.17. The smallest absolute Gasteiger partial charge is 0.201 e. The average Bonchev–Trinajstić information content (AvgIpc) is 1.65. The molecule has 0 fully saturated rings. The summed E-state index contributed by atoms with van der Waals surface area (Å²) in [6.45, 7) is 0. The first-order valence-electron chi connectivity index (χ1n) is 2.03. The van der Waals surface area contributed by atoms with Gasteiger partial charge in [0.2, 0.25) is 5.12 Å². The maximum atomic E-state index is 10.4. The maximum Gasteiger partial charge on any atom is 0.201 e. The zero-order valence-electron chi connectivity index (χ0n) is 4.84. The molecule has 0 aromatic heterocycles. The maximum absolute atomic E-state index is 10.4. The van der Waals surface area contributed by atoms with Gasteiger partial charge in [-0.05, 0) is 6.26 Å². The number of carbonyl (C=O) groups excluding carboxylic acids is 1. The molecule has 0 aliphatic heterocycles. The minimum absolute atomic E-state index is 0.00849. The molecule has 2 nitrogen and oxygen atoms in total. The molecule has 0 saturated carbocycles. The lowest BCUT2D eigenvalue weighted by molar-refractivity contribution is -0.108. The van der Waals surface area contributed by atoms with Gasteiger partial charge in [-0.1, -0.05) is 11.8 Å². The summed E-state index contributed by atoms with van der Waals surface area (Å²) in [6.07, 6.45) is 3.21. The SMILES string of the molecule is CSC(=O)CS(C)=O. The minimum Gasteiger partial charge on any atom is -0.286 e. The van der Waals surface area contributed by atoms with Crippen molar-refractivity contribution in [2.45, 2.75) is 0 Å². The van der Waals surface area contributed by atoms with Crippen LogP contribution in [0.1, 0.15) is 0 Å². The summed E-state index contributed by atoms with van der Waals surface area (Å²) >= 11 is 1.12. The fourth-order valence-corrected chi connectivity index (χ4v) is 1.53. The van der Waals surface area contributed by atoms with Crippen molar-refractivity contribution in [3.8, 4) is 0 Å². The Balaban J connectivity index is 3.40. The van der Waals surface area contributed by atoms with Crippen LogP contribution in [0.5, 0.6) is 0 Å². The van der Waals surface area contributed by atoms with Crippen LogP contribution in [0.4, 0.5) is 0 Å². The van der Waals surface area contributed by atoms with Crippen molar-refractivity contribution in [1.82, 2.24) is 0 Å². The van der Waals surface area contributed by atoms with E-state index in [1.165, 1.54) is 6.26 Å². The lowest BCUT2D eigenvalue weighted by Crippen LogP contribution is -2.03. The molecule has 0 aromatic rings. The second kappa shape index (κ2) is 4.09. The molecule has 48 valence electrons. The van der Waals surface area contributed by atoms with Gasteiger partial charge in [-0.2, -0.15) is 0 Å². The van der Waals surface area contributed by atoms with Crippen LogP contribution in [-0.4, -0.2) is 27.6 Å². The van der Waals surface area contributed by atoms with Gasteiger partial charge in [0.1, 0.15) is 0 Å². The predicted octanol–water partition coefficient (Wildman–Crippen LogP) is 0.254. The summed E-state index contributed by atoms with van der Waals surface area (Å²) < 4.78 is 10.3. The zero-order valence-corrected chi connectivity index (χ0v) is 6.47. The van der Waals surface area contributed by atoms with Crippen LogP contribution in [-0.2, 0) is 15.6 Å². The third-order valence-electron chi connectivity index (χ3n) is 0.549. The van der Waals surface area contributed by atoms with E-state index in [1.54, 1.807) is 6.26 Å². The van der Waals surface area contributed by atoms with Crippen LogP contribution < -0.4 is 0 Å². The molecule has 1 atom stereocenters. The summed E-state index contributed by atoms with van der Waals surface area (Å²) in [5, 5.41) is -0.00849. The molecule has 4 heteroatoms. The molecule has 0 saturated heterocycles. The van der Waals surface area contributed by atoms with Gasteiger partial charge in [-0.25, -0.2) is 0 Å². The van der Waals surface area contributed by atoms with Crippen molar-refractivity contribution in [3.05, 3.63) is 0 Å². The van der Waals surface area contributed by atoms with Gasteiger partial charge in [0.25, 0.3) is 0 Å². The van der Waals surface area contributed by atoms with E-state index in [2.05, 4.69) is 0 Å². The molecule has 0 heterocycles. The average molecular weight is 152 g/mol. The lowest BCUT2D eigenvalue weighted by atomic mass is 10.9. The Morgan fingerprint density at radius 3 is 2.38 bits per heavy atom. The van der Waals surface area contributed by atoms with Gasteiger partial charge in [0.05, 0.1) is 5.75 Å². The Morgan fingerprint density at radius 1 is 1.75 bits per heavy atom. The molecule has 0 aromatic carbocycles. The number of rotatable bonds is 2. The molecule has 0 aliphatic rings. The van der Waals surface area contributed by atoms with Crippen LogP contribution in [0.25, 0.3) is 0 Å². The predicted molar refractivity (Wildman–Crippen MR) is 37.5 cm³/mol. The van der Waals surface area contributed by atoms with E-state index in [1.807, 2.05) is 0 Å². The highest BCUT2D eigenvalue weighted by atomic mass is 32.2. The first-order chi connectivity index (χ1) is 3.66. The van der Waals surface area contributed by atoms with E-state index in [4.69, 9.17) is 0 Å². The Bertz CT molecular complexity index is 111. The summed E-state index contributed by atoms with van der Waals surface area (Å²) in [5.74, 6) is 0.182. The van der Waals surface area contributed by atoms with E-state index >= 15 is 0 Å². The van der Waals surface area contributed by atoms with E-state index in [0.717, 1.165) is 11.8 Å². The number of thioether (sulfide) groups is 1. The first-order valence-corrected chi connectivity index (χ1v) is 4.99. The van der Waals surface area contributed by atoms with Gasteiger partial charge in [-0.3, -0.25) is 9.00 Å². The van der Waals surface area contributed by atoms with Crippen LogP contribution >= 0.6 is 11.8 Å². The van der Waals surface area contributed by atoms with Crippen molar-refractivity contribution in [2.75, 3.05) is 18.3 Å². The van der Waals surface area contributed by atoms with E-state index in [0.29, 0.717) is 0 Å². The van der Waals surface area contributed by atoms with Crippen LogP contribution in [0.15, 0.2) is 0 Å². The van der Waals surface area contributed by atoms with Crippen molar-refractivity contribution in [1.29, 1.82) is 0 Å². The molecule has 8 heavy (non-hydrogen) atoms. The fraction of sp³-hybridized carbons (Fsp3) is 0.750. The Hall–Kier alpha value is 0.170. The quantitative estimate of drug-likeness (QED) is 0.569. The van der Waals surface area contributed by atoms with Crippen LogP contribution in [0.2, 0.25) is 0 Å². The number of carbonyl (C=O) groups is 1. The highest BCUT2D eigenvalue weighted by molar-refractivity contribution is 8.14. The lowest BCUT2D eigenvalue weighted by Gasteiger charge is -1.88. The highest BCUT2D eigenvalue weighted by Crippen LogP contribution is 1.94. The fourth-order valence-electron chi connectivity index (χ4n) is 0.225. The van der Waals surface area contributed by atoms with Gasteiger partial charge < -0.3 is 0 Å². The second-order valence-electron chi connectivity index (χ2n) is 1.29. The van der Waals surface area contributed by atoms with Crippen LogP contribution in [0.3, 0.4) is 0 Å². The Kier molecular flexibility index (Phi) is 4.18. The van der Waals surface area contributed by atoms with Gasteiger partial charge in [0, 0.05) is 17.1 Å². The van der Waals surface area contributed by atoms with E-state index in [9.17, 15) is 9.00 Å². The molecule has 0 bridgehead atoms. The number of hydrogen-bond donors (Lipinski definition) is 0. The second-order valence-corrected chi connectivity index (χ2v) is 3.59. The molecule has 0 rings (SSSR count). The Morgan fingerprint density at radius 2 is 2.25 bits per heavy atom. The van der Waals surface area contributed by atoms with E-state index in [-0.39, 0.29) is 10.9 Å². The highest BCUT2D eigenvalue weighted by Gasteiger charge is 1.99. The molecule has 0 N–H and O–H groups in total. The van der Waals surface area contributed by atoms with Crippen LogP contribution in [0, 0.1) is 0 Å². The normalized spacial score (nSPS) is 13.2. The summed E-state index contributed by atoms with van der Waals surface area (Å²) in [5.41, 5.74) is 0. The molecule has 1 unspecified atom stereocenters. The summed E-state index contributed by atoms with van der Waals surface area (Å²) in [7, 11) is -0.966. The van der Waals surface area contributed by atoms with Crippen molar-refractivity contribution >= 4 is 27.7 Å². The standard InChI is InChI=1S/C4H8O2S2/c1-7-4(5)3-8(2)6/h3H2,1-2H3. The van der Waals surface area contributed by atoms with Crippen molar-refractivity contribution in [3.63, 3.8) is 0 Å². The largest absolute Gasteiger partial charge is 0.286 e. The molecule has 0 aliphatic carbocycles. The topological polar surface area (TPSA) is 34.1 Å². The van der Waals surface area contributed by atoms with E-state index < -0.39 is 10.8 Å². The molecular weight excluding hydrogens is 144 g/mol. The third kappa shape index (κ3) is 4.33. The molecule has 0 radical (unpaired) electrons. The summed E-state index contributed by atoms with van der Waals surface area (Å²) in [4.78, 5) is 10.4. The number of hydrogen-bond acceptors (Lipinski definition) is 3. The monoisotopic (exact) mass is 152 g/mol. The van der Waals surface area contributed by atoms with Crippen molar-refractivity contribution < 1.29 is 9.00 Å². The Labute approximate surface area is 55.5 Å². The zero-order chi connectivity index (χ0) is 6.57. The minimum atomic E-state index is -0.966. The summed E-state index contributed by atoms with van der Waals surface area (Å²) in [6, 6.07) is 0. The van der Waals surface area contributed by atoms with Crippen molar-refractivity contribution in [2.24, 2.45) is 0 Å². The molecular formula is C4H8O2S2. The molecule has 0 amide bonds. The third-order valence-corrected chi connectivity index (χ3v) is 2.00.